The number of rotatable bonds is 8. The Morgan fingerprint density at radius 1 is 0.765 bits per heavy atom. The Morgan fingerprint density at radius 3 is 1.82 bits per heavy atom. The number of aromatic hydroxyl groups is 4. The van der Waals surface area contributed by atoms with E-state index in [-0.39, 0.29) is 35.2 Å². The van der Waals surface area contributed by atoms with Gasteiger partial charge in [0.2, 0.25) is 0 Å². The highest BCUT2D eigenvalue weighted by atomic mass is 16.5. The molecule has 0 aliphatic heterocycles. The topological polar surface area (TPSA) is 173 Å². The number of hydrazone groups is 2. The summed E-state index contributed by atoms with van der Waals surface area (Å²) in [6.45, 7) is -0.342. The molecule has 0 spiro atoms. The molecule has 0 fully saturated rings. The molecule has 34 heavy (non-hydrogen) atoms. The maximum atomic E-state index is 12.1. The molecular weight excluding hydrogens is 444 g/mol. The smallest absolute Gasteiger partial charge is 0.277 e. The van der Waals surface area contributed by atoms with Gasteiger partial charge in [0.05, 0.1) is 12.4 Å². The minimum atomic E-state index is -0.553. The predicted molar refractivity (Wildman–Crippen MR) is 122 cm³/mol. The second-order valence-corrected chi connectivity index (χ2v) is 6.79. The van der Waals surface area contributed by atoms with E-state index in [0.717, 1.165) is 12.1 Å². The second-order valence-electron chi connectivity index (χ2n) is 6.79. The van der Waals surface area contributed by atoms with Gasteiger partial charge in [0, 0.05) is 28.8 Å². The van der Waals surface area contributed by atoms with Crippen LogP contribution in [0.4, 0.5) is 0 Å². The number of phenols is 4. The molecule has 174 valence electrons. The van der Waals surface area contributed by atoms with Crippen molar-refractivity contribution in [3.63, 3.8) is 0 Å². The minimum Gasteiger partial charge on any atom is -0.508 e. The lowest BCUT2D eigenvalue weighted by molar-refractivity contribution is -0.123. The molecule has 11 heteroatoms. The van der Waals surface area contributed by atoms with Gasteiger partial charge in [-0.1, -0.05) is 0 Å². The van der Waals surface area contributed by atoms with Crippen LogP contribution in [0.15, 0.2) is 70.9 Å². The standard InChI is InChI=1S/C23H20N4O7/c28-17-5-1-15(20(30)9-17)11-24-26-22(32)13-34-19-7-3-14(4-8-19)23(33)27-25-12-16-2-6-18(29)10-21(16)31/h1-12,28-31H,13H2,(H,26,32)(H,27,33)/b24-11+,25-12+. The summed E-state index contributed by atoms with van der Waals surface area (Å²) in [5.41, 5.74) is 5.44. The SMILES string of the molecule is O=C(COc1ccc(C(=O)N/N=C/c2ccc(O)cc2O)cc1)N/N=C/c1ccc(O)cc1O. The molecule has 0 heterocycles. The van der Waals surface area contributed by atoms with E-state index in [2.05, 4.69) is 21.1 Å². The Labute approximate surface area is 193 Å². The van der Waals surface area contributed by atoms with E-state index in [9.17, 15) is 30.0 Å². The molecule has 3 rings (SSSR count). The number of benzene rings is 3. The number of hydrogen-bond acceptors (Lipinski definition) is 9. The Balaban J connectivity index is 1.45. The summed E-state index contributed by atoms with van der Waals surface area (Å²) >= 11 is 0. The fourth-order valence-corrected chi connectivity index (χ4v) is 2.56. The van der Waals surface area contributed by atoms with E-state index in [0.29, 0.717) is 16.9 Å². The lowest BCUT2D eigenvalue weighted by atomic mass is 10.2. The van der Waals surface area contributed by atoms with Gasteiger partial charge < -0.3 is 25.2 Å². The summed E-state index contributed by atoms with van der Waals surface area (Å²) < 4.78 is 5.33. The van der Waals surface area contributed by atoms with E-state index in [1.54, 1.807) is 0 Å². The Kier molecular flexibility index (Phi) is 7.63. The first kappa shape index (κ1) is 23.6. The molecule has 0 aromatic heterocycles. The van der Waals surface area contributed by atoms with Gasteiger partial charge in [0.25, 0.3) is 11.8 Å². The largest absolute Gasteiger partial charge is 0.508 e. The van der Waals surface area contributed by atoms with Crippen LogP contribution in [0.1, 0.15) is 21.5 Å². The van der Waals surface area contributed by atoms with Crippen molar-refractivity contribution >= 4 is 24.2 Å². The van der Waals surface area contributed by atoms with Crippen molar-refractivity contribution in [3.8, 4) is 28.7 Å². The van der Waals surface area contributed by atoms with Crippen molar-refractivity contribution < 1.29 is 34.8 Å². The van der Waals surface area contributed by atoms with Gasteiger partial charge in [0.15, 0.2) is 6.61 Å². The first-order chi connectivity index (χ1) is 16.3. The molecule has 0 saturated heterocycles. The van der Waals surface area contributed by atoms with Crippen molar-refractivity contribution in [1.29, 1.82) is 0 Å². The van der Waals surface area contributed by atoms with Gasteiger partial charge in [-0.3, -0.25) is 9.59 Å². The number of phenolic OH excluding ortho intramolecular Hbond substituents is 4. The molecular formula is C23H20N4O7. The maximum Gasteiger partial charge on any atom is 0.277 e. The minimum absolute atomic E-state index is 0.0967. The van der Waals surface area contributed by atoms with Crippen molar-refractivity contribution in [2.45, 2.75) is 0 Å². The van der Waals surface area contributed by atoms with Gasteiger partial charge in [-0.2, -0.15) is 10.2 Å². The number of carbonyl (C=O) groups excluding carboxylic acids is 2. The van der Waals surface area contributed by atoms with Gasteiger partial charge in [-0.15, -0.1) is 0 Å². The fourth-order valence-electron chi connectivity index (χ4n) is 2.56. The average Bonchev–Trinajstić information content (AvgIpc) is 2.81. The molecule has 11 nitrogen and oxygen atoms in total. The second kappa shape index (κ2) is 11.0. The van der Waals surface area contributed by atoms with Crippen LogP contribution in [0.25, 0.3) is 0 Å². The quantitative estimate of drug-likeness (QED) is 0.218. The highest BCUT2D eigenvalue weighted by molar-refractivity contribution is 5.95. The van der Waals surface area contributed by atoms with Crippen LogP contribution in [0.5, 0.6) is 28.7 Å². The molecule has 0 aliphatic rings. The van der Waals surface area contributed by atoms with E-state index in [4.69, 9.17) is 4.74 Å². The number of nitrogens with one attached hydrogen (secondary N) is 2. The van der Waals surface area contributed by atoms with Crippen LogP contribution >= 0.6 is 0 Å². The van der Waals surface area contributed by atoms with E-state index in [1.165, 1.54) is 61.0 Å². The third-order valence-corrected chi connectivity index (χ3v) is 4.28. The first-order valence-corrected chi connectivity index (χ1v) is 9.74. The highest BCUT2D eigenvalue weighted by Gasteiger charge is 2.07. The highest BCUT2D eigenvalue weighted by Crippen LogP contribution is 2.21. The zero-order valence-electron chi connectivity index (χ0n) is 17.5. The number of carbonyl (C=O) groups is 2. The molecule has 0 aliphatic carbocycles. The summed E-state index contributed by atoms with van der Waals surface area (Å²) in [6.07, 6.45) is 2.44. The van der Waals surface area contributed by atoms with Crippen LogP contribution in [0.3, 0.4) is 0 Å². The summed E-state index contributed by atoms with van der Waals surface area (Å²) in [4.78, 5) is 24.0. The van der Waals surface area contributed by atoms with Crippen molar-refractivity contribution in [2.75, 3.05) is 6.61 Å². The fraction of sp³-hybridized carbons (Fsp3) is 0.0435. The average molecular weight is 464 g/mol. The maximum absolute atomic E-state index is 12.1. The lowest BCUT2D eigenvalue weighted by Crippen LogP contribution is -2.24. The zero-order chi connectivity index (χ0) is 24.5. The first-order valence-electron chi connectivity index (χ1n) is 9.74. The van der Waals surface area contributed by atoms with E-state index >= 15 is 0 Å². The molecule has 0 bridgehead atoms. The van der Waals surface area contributed by atoms with Crippen molar-refractivity contribution in [1.82, 2.24) is 10.9 Å². The number of ether oxygens (including phenoxy) is 1. The number of nitrogens with zero attached hydrogens (tertiary/aromatic N) is 2. The van der Waals surface area contributed by atoms with Gasteiger partial charge in [-0.25, -0.2) is 10.9 Å². The lowest BCUT2D eigenvalue weighted by Gasteiger charge is -2.06. The van der Waals surface area contributed by atoms with Gasteiger partial charge >= 0.3 is 0 Å². The molecule has 0 saturated carbocycles. The molecule has 2 amide bonds. The Morgan fingerprint density at radius 2 is 1.29 bits per heavy atom. The van der Waals surface area contributed by atoms with Gasteiger partial charge in [0.1, 0.15) is 28.7 Å². The molecule has 0 atom stereocenters. The van der Waals surface area contributed by atoms with Crippen LogP contribution in [-0.4, -0.2) is 51.3 Å². The van der Waals surface area contributed by atoms with Gasteiger partial charge in [-0.05, 0) is 48.5 Å². The van der Waals surface area contributed by atoms with Crippen LogP contribution in [0, 0.1) is 0 Å². The van der Waals surface area contributed by atoms with E-state index < -0.39 is 11.8 Å². The van der Waals surface area contributed by atoms with Crippen molar-refractivity contribution in [2.24, 2.45) is 10.2 Å². The summed E-state index contributed by atoms with van der Waals surface area (Å²) in [7, 11) is 0. The normalized spacial score (nSPS) is 10.9. The molecule has 3 aromatic rings. The summed E-state index contributed by atoms with van der Waals surface area (Å²) in [5.74, 6) is -1.30. The summed E-state index contributed by atoms with van der Waals surface area (Å²) in [5, 5.41) is 45.3. The monoisotopic (exact) mass is 464 g/mol. The number of hydrogen-bond donors (Lipinski definition) is 6. The van der Waals surface area contributed by atoms with Crippen molar-refractivity contribution in [3.05, 3.63) is 77.4 Å². The van der Waals surface area contributed by atoms with Crippen LogP contribution in [0.2, 0.25) is 0 Å². The Hall–Kier alpha value is -5.06. The van der Waals surface area contributed by atoms with Crippen LogP contribution < -0.4 is 15.6 Å². The predicted octanol–water partition coefficient (Wildman–Crippen LogP) is 1.80. The number of amides is 2. The van der Waals surface area contributed by atoms with E-state index in [1.807, 2.05) is 0 Å². The third-order valence-electron chi connectivity index (χ3n) is 4.28. The molecule has 6 N–H and O–H groups in total. The molecule has 0 radical (unpaired) electrons. The molecule has 0 unspecified atom stereocenters. The summed E-state index contributed by atoms with van der Waals surface area (Å²) in [6, 6.07) is 13.8. The zero-order valence-corrected chi connectivity index (χ0v) is 17.5. The Bertz CT molecular complexity index is 1240. The third kappa shape index (κ3) is 6.72. The molecule has 3 aromatic carbocycles. The van der Waals surface area contributed by atoms with Crippen LogP contribution in [-0.2, 0) is 4.79 Å².